The molecule has 1 fully saturated rings. The van der Waals surface area contributed by atoms with Gasteiger partial charge in [-0.2, -0.15) is 0 Å². The number of benzene rings is 1. The highest BCUT2D eigenvalue weighted by Crippen LogP contribution is 2.26. The largest absolute Gasteiger partial charge is 0.368 e. The quantitative estimate of drug-likeness (QED) is 0.900. The lowest BCUT2D eigenvalue weighted by atomic mass is 10.00. The molecule has 2 aliphatic rings. The van der Waals surface area contributed by atoms with Crippen molar-refractivity contribution in [3.63, 3.8) is 0 Å². The maximum Gasteiger partial charge on any atom is 0.254 e. The topological polar surface area (TPSA) is 66.5 Å². The van der Waals surface area contributed by atoms with Crippen molar-refractivity contribution in [1.29, 1.82) is 0 Å². The van der Waals surface area contributed by atoms with E-state index in [1.54, 1.807) is 6.20 Å². The van der Waals surface area contributed by atoms with E-state index in [0.717, 1.165) is 36.6 Å². The molecule has 1 aromatic carbocycles. The van der Waals surface area contributed by atoms with E-state index < -0.39 is 0 Å². The number of anilines is 1. The first-order valence-electron chi connectivity index (χ1n) is 8.69. The normalized spacial score (nSPS) is 20.6. The highest BCUT2D eigenvalue weighted by Gasteiger charge is 2.23. The van der Waals surface area contributed by atoms with Crippen LogP contribution >= 0.6 is 0 Å². The summed E-state index contributed by atoms with van der Waals surface area (Å²) in [6.45, 7) is 1.59. The van der Waals surface area contributed by atoms with E-state index in [1.807, 2.05) is 18.1 Å². The molecule has 130 valence electrons. The number of pyridine rings is 1. The van der Waals surface area contributed by atoms with Crippen LogP contribution in [0.1, 0.15) is 24.8 Å². The highest BCUT2D eigenvalue weighted by molar-refractivity contribution is 5.96. The Morgan fingerprint density at radius 2 is 2.28 bits per heavy atom. The zero-order valence-corrected chi connectivity index (χ0v) is 14.3. The number of carbonyl (C=O) groups excluding carboxylic acids is 1. The number of nitrogens with one attached hydrogen (secondary N) is 2. The average Bonchev–Trinajstić information content (AvgIpc) is 3.16. The molecule has 6 heteroatoms. The third kappa shape index (κ3) is 3.50. The van der Waals surface area contributed by atoms with Crippen LogP contribution in [0, 0.1) is 0 Å². The van der Waals surface area contributed by atoms with Crippen LogP contribution in [0.15, 0.2) is 36.7 Å². The Morgan fingerprint density at radius 3 is 3.08 bits per heavy atom. The Balaban J connectivity index is 1.59. The van der Waals surface area contributed by atoms with Gasteiger partial charge in [0.15, 0.2) is 0 Å². The van der Waals surface area contributed by atoms with Gasteiger partial charge in [-0.3, -0.25) is 4.79 Å². The third-order valence-corrected chi connectivity index (χ3v) is 4.67. The van der Waals surface area contributed by atoms with Gasteiger partial charge in [-0.05, 0) is 47.9 Å². The van der Waals surface area contributed by atoms with Crippen molar-refractivity contribution < 1.29 is 9.53 Å². The summed E-state index contributed by atoms with van der Waals surface area (Å²) in [5.74, 6) is 0.463. The smallest absolute Gasteiger partial charge is 0.254 e. The molecular weight excluding hydrogens is 316 g/mol. The molecule has 3 heterocycles. The Hall–Kier alpha value is -2.44. The lowest BCUT2D eigenvalue weighted by Gasteiger charge is -2.24. The van der Waals surface area contributed by atoms with E-state index in [1.165, 1.54) is 11.1 Å². The number of nitrogens with zero attached hydrogens (tertiary/aromatic N) is 2. The van der Waals surface area contributed by atoms with Crippen molar-refractivity contribution in [1.82, 2.24) is 15.4 Å². The second kappa shape index (κ2) is 6.82. The second-order valence-electron chi connectivity index (χ2n) is 6.55. The van der Waals surface area contributed by atoms with Crippen molar-refractivity contribution >= 4 is 28.1 Å². The Labute approximate surface area is 146 Å². The summed E-state index contributed by atoms with van der Waals surface area (Å²) in [7, 11) is 2.00. The van der Waals surface area contributed by atoms with E-state index in [2.05, 4.69) is 40.1 Å². The van der Waals surface area contributed by atoms with Crippen LogP contribution < -0.4 is 10.7 Å². The Kier molecular flexibility index (Phi) is 4.38. The summed E-state index contributed by atoms with van der Waals surface area (Å²) in [6, 6.07) is 8.28. The van der Waals surface area contributed by atoms with Gasteiger partial charge in [0.05, 0.1) is 0 Å². The number of carbonyl (C=O) groups is 1. The van der Waals surface area contributed by atoms with Crippen LogP contribution in [-0.2, 0) is 9.53 Å². The molecule has 0 unspecified atom stereocenters. The molecule has 1 atom stereocenters. The molecule has 0 spiro atoms. The fourth-order valence-electron chi connectivity index (χ4n) is 3.33. The fourth-order valence-corrected chi connectivity index (χ4v) is 3.33. The molecule has 1 amide bonds. The minimum Gasteiger partial charge on any atom is -0.368 e. The summed E-state index contributed by atoms with van der Waals surface area (Å²) >= 11 is 0. The average molecular weight is 338 g/mol. The number of fused-ring (bicyclic) bond motifs is 1. The molecular formula is C19H22N4O2. The molecule has 2 aromatic rings. The van der Waals surface area contributed by atoms with Gasteiger partial charge in [-0.1, -0.05) is 12.1 Å². The summed E-state index contributed by atoms with van der Waals surface area (Å²) in [6.07, 6.45) is 6.27. The molecule has 2 N–H and O–H groups in total. The minimum absolute atomic E-state index is 0.108. The molecule has 0 bridgehead atoms. The van der Waals surface area contributed by atoms with Crippen molar-refractivity contribution in [2.45, 2.75) is 25.4 Å². The lowest BCUT2D eigenvalue weighted by Crippen LogP contribution is -2.34. The lowest BCUT2D eigenvalue weighted by molar-refractivity contribution is -0.124. The number of hydrogen-bond acceptors (Lipinski definition) is 5. The number of aromatic nitrogens is 1. The Morgan fingerprint density at radius 1 is 1.36 bits per heavy atom. The summed E-state index contributed by atoms with van der Waals surface area (Å²) in [5.41, 5.74) is 5.76. The summed E-state index contributed by atoms with van der Waals surface area (Å²) < 4.78 is 5.43. The van der Waals surface area contributed by atoms with Crippen LogP contribution in [0.5, 0.6) is 0 Å². The maximum atomic E-state index is 12.2. The first-order chi connectivity index (χ1) is 12.2. The minimum atomic E-state index is -0.348. The predicted octanol–water partition coefficient (Wildman–Crippen LogP) is 2.53. The first kappa shape index (κ1) is 16.1. The van der Waals surface area contributed by atoms with Gasteiger partial charge >= 0.3 is 0 Å². The monoisotopic (exact) mass is 338 g/mol. The van der Waals surface area contributed by atoms with Crippen molar-refractivity contribution in [3.8, 4) is 0 Å². The van der Waals surface area contributed by atoms with Crippen LogP contribution in [0.4, 0.5) is 5.82 Å². The van der Waals surface area contributed by atoms with Gasteiger partial charge in [0.25, 0.3) is 5.91 Å². The maximum absolute atomic E-state index is 12.2. The molecule has 2 aliphatic heterocycles. The summed E-state index contributed by atoms with van der Waals surface area (Å²) in [4.78, 5) is 16.6. The van der Waals surface area contributed by atoms with E-state index in [9.17, 15) is 4.79 Å². The van der Waals surface area contributed by atoms with Gasteiger partial charge in [-0.25, -0.2) is 10.4 Å². The van der Waals surface area contributed by atoms with Gasteiger partial charge in [-0.15, -0.1) is 0 Å². The van der Waals surface area contributed by atoms with E-state index >= 15 is 0 Å². The molecule has 25 heavy (non-hydrogen) atoms. The molecule has 6 nitrogen and oxygen atoms in total. The molecule has 1 saturated heterocycles. The van der Waals surface area contributed by atoms with Crippen LogP contribution in [-0.4, -0.2) is 42.2 Å². The molecule has 0 aliphatic carbocycles. The van der Waals surface area contributed by atoms with Crippen molar-refractivity contribution in [3.05, 3.63) is 42.2 Å². The second-order valence-corrected chi connectivity index (χ2v) is 6.55. The van der Waals surface area contributed by atoms with E-state index in [0.29, 0.717) is 12.4 Å². The molecule has 1 aromatic heterocycles. The fraction of sp³-hybridized carbons (Fsp3) is 0.368. The number of amides is 1. The van der Waals surface area contributed by atoms with Gasteiger partial charge < -0.3 is 15.1 Å². The standard InChI is InChI=1S/C19H22N4O2/c1-23-12-15(6-7-21-23)13-4-5-14-11-20-18(10-16(14)9-13)22-19(24)17-3-2-8-25-17/h4-5,9-12,17,21H,2-3,6-8H2,1H3,(H,20,22,24)/t17-/m1/s1. The first-order valence-corrected chi connectivity index (χ1v) is 8.69. The van der Waals surface area contributed by atoms with E-state index in [4.69, 9.17) is 4.74 Å². The third-order valence-electron chi connectivity index (χ3n) is 4.67. The zero-order chi connectivity index (χ0) is 17.2. The Bertz CT molecular complexity index is 827. The number of hydrazine groups is 1. The highest BCUT2D eigenvalue weighted by atomic mass is 16.5. The SMILES string of the molecule is CN1C=C(c2ccc3cnc(NC(=O)[C@H]4CCCO4)cc3c2)CCN1. The number of hydrogen-bond donors (Lipinski definition) is 2. The molecule has 4 rings (SSSR count). The van der Waals surface area contributed by atoms with Crippen LogP contribution in [0.3, 0.4) is 0 Å². The van der Waals surface area contributed by atoms with Crippen molar-refractivity contribution in [2.24, 2.45) is 0 Å². The predicted molar refractivity (Wildman–Crippen MR) is 97.7 cm³/mol. The molecule has 0 saturated carbocycles. The zero-order valence-electron chi connectivity index (χ0n) is 14.3. The van der Waals surface area contributed by atoms with Gasteiger partial charge in [0.2, 0.25) is 0 Å². The van der Waals surface area contributed by atoms with Crippen LogP contribution in [0.2, 0.25) is 0 Å². The molecule has 0 radical (unpaired) electrons. The number of ether oxygens (including phenoxy) is 1. The van der Waals surface area contributed by atoms with Gasteiger partial charge in [0, 0.05) is 38.0 Å². The van der Waals surface area contributed by atoms with Crippen LogP contribution in [0.25, 0.3) is 16.3 Å². The summed E-state index contributed by atoms with van der Waals surface area (Å²) in [5, 5.41) is 6.99. The number of rotatable bonds is 3. The van der Waals surface area contributed by atoms with E-state index in [-0.39, 0.29) is 12.0 Å². The van der Waals surface area contributed by atoms with Crippen molar-refractivity contribution in [2.75, 3.05) is 25.5 Å². The van der Waals surface area contributed by atoms with Gasteiger partial charge in [0.1, 0.15) is 11.9 Å².